The Labute approximate surface area is 267 Å². The fraction of sp³-hybridized carbons (Fsp3) is 0. The van der Waals surface area contributed by atoms with Gasteiger partial charge in [-0.15, -0.1) is 0 Å². The van der Waals surface area contributed by atoms with Crippen molar-refractivity contribution in [2.45, 2.75) is 0 Å². The molecule has 6 aromatic carbocycles. The summed E-state index contributed by atoms with van der Waals surface area (Å²) in [6.45, 7) is 0. The van der Waals surface area contributed by atoms with Gasteiger partial charge >= 0.3 is 0 Å². The Morgan fingerprint density at radius 1 is 0.348 bits per heavy atom. The molecule has 3 heteroatoms. The molecule has 0 amide bonds. The molecule has 0 aliphatic heterocycles. The molecule has 9 rings (SSSR count). The summed E-state index contributed by atoms with van der Waals surface area (Å²) in [5.74, 6) is 0.714. The number of nitrogens with zero attached hydrogens (tertiary/aromatic N) is 3. The standard InChI is InChI=1S/C43H27N3/c1-2-9-28(10-3-1)29-18-20-30(21-19-29)40-26-41(32-12-6-11-31(25-32)33-13-8-24-44-27-33)46-43(45-40)39-23-22-38-35-15-5-4-14-34(35)36-16-7-17-37(39)42(36)38/h1-27H. The SMILES string of the molecule is c1ccc(-c2ccc(-c3cc(-c4cccc(-c5cccnc5)c4)nc(-c4ccc5c6c(cccc46)-c4ccccc4-5)n3)cc2)cc1. The average molecular weight is 586 g/mol. The highest BCUT2D eigenvalue weighted by molar-refractivity contribution is 6.18. The monoisotopic (exact) mass is 585 g/mol. The summed E-state index contributed by atoms with van der Waals surface area (Å²) in [6.07, 6.45) is 3.70. The first-order chi connectivity index (χ1) is 22.8. The maximum absolute atomic E-state index is 5.25. The molecule has 0 atom stereocenters. The fourth-order valence-electron chi connectivity index (χ4n) is 6.72. The molecule has 46 heavy (non-hydrogen) atoms. The molecular weight excluding hydrogens is 558 g/mol. The molecule has 0 unspecified atom stereocenters. The third-order valence-electron chi connectivity index (χ3n) is 8.96. The summed E-state index contributed by atoms with van der Waals surface area (Å²) < 4.78 is 0. The van der Waals surface area contributed by atoms with Crippen LogP contribution >= 0.6 is 0 Å². The zero-order valence-corrected chi connectivity index (χ0v) is 24.9. The van der Waals surface area contributed by atoms with Crippen LogP contribution in [0.5, 0.6) is 0 Å². The molecule has 0 spiro atoms. The van der Waals surface area contributed by atoms with E-state index in [1.807, 2.05) is 18.3 Å². The van der Waals surface area contributed by atoms with E-state index in [1.165, 1.54) is 38.8 Å². The minimum Gasteiger partial charge on any atom is -0.264 e. The van der Waals surface area contributed by atoms with Crippen LogP contribution in [0.25, 0.3) is 89.2 Å². The number of hydrogen-bond acceptors (Lipinski definition) is 3. The molecule has 1 aliphatic rings. The topological polar surface area (TPSA) is 38.7 Å². The minimum atomic E-state index is 0.714. The summed E-state index contributed by atoms with van der Waals surface area (Å²) in [5, 5.41) is 2.43. The first kappa shape index (κ1) is 26.2. The van der Waals surface area contributed by atoms with Gasteiger partial charge in [0.25, 0.3) is 0 Å². The van der Waals surface area contributed by atoms with Crippen molar-refractivity contribution in [2.75, 3.05) is 0 Å². The smallest absolute Gasteiger partial charge is 0.161 e. The van der Waals surface area contributed by atoms with Gasteiger partial charge in [-0.25, -0.2) is 9.97 Å². The predicted molar refractivity (Wildman–Crippen MR) is 189 cm³/mol. The van der Waals surface area contributed by atoms with Crippen LogP contribution in [0.1, 0.15) is 0 Å². The Morgan fingerprint density at radius 2 is 0.935 bits per heavy atom. The molecule has 8 aromatic rings. The molecular formula is C43H27N3. The number of hydrogen-bond donors (Lipinski definition) is 0. The highest BCUT2D eigenvalue weighted by atomic mass is 14.9. The minimum absolute atomic E-state index is 0.714. The van der Waals surface area contributed by atoms with Crippen molar-refractivity contribution in [3.8, 4) is 78.4 Å². The normalized spacial score (nSPS) is 11.5. The summed E-state index contributed by atoms with van der Waals surface area (Å²) in [4.78, 5) is 14.8. The van der Waals surface area contributed by atoms with E-state index >= 15 is 0 Å². The first-order valence-electron chi connectivity index (χ1n) is 15.5. The lowest BCUT2D eigenvalue weighted by Gasteiger charge is -2.13. The number of pyridine rings is 1. The highest BCUT2D eigenvalue weighted by Gasteiger charge is 2.23. The van der Waals surface area contributed by atoms with Crippen LogP contribution in [0.15, 0.2) is 164 Å². The van der Waals surface area contributed by atoms with Crippen molar-refractivity contribution in [3.63, 3.8) is 0 Å². The molecule has 214 valence electrons. The molecule has 0 radical (unpaired) electrons. The van der Waals surface area contributed by atoms with Crippen molar-refractivity contribution in [2.24, 2.45) is 0 Å². The zero-order valence-electron chi connectivity index (χ0n) is 24.9. The summed E-state index contributed by atoms with van der Waals surface area (Å²) in [5.41, 5.74) is 14.5. The maximum Gasteiger partial charge on any atom is 0.161 e. The second-order valence-corrected chi connectivity index (χ2v) is 11.7. The van der Waals surface area contributed by atoms with E-state index in [9.17, 15) is 0 Å². The Balaban J connectivity index is 1.23. The van der Waals surface area contributed by atoms with Gasteiger partial charge in [0, 0.05) is 34.6 Å². The predicted octanol–water partition coefficient (Wildman–Crippen LogP) is 11.0. The lowest BCUT2D eigenvalue weighted by Crippen LogP contribution is -1.97. The van der Waals surface area contributed by atoms with E-state index in [0.29, 0.717) is 5.82 Å². The lowest BCUT2D eigenvalue weighted by molar-refractivity contribution is 1.19. The Bertz CT molecular complexity index is 2370. The van der Waals surface area contributed by atoms with Crippen LogP contribution in [0, 0.1) is 0 Å². The summed E-state index contributed by atoms with van der Waals surface area (Å²) in [7, 11) is 0. The van der Waals surface area contributed by atoms with Gasteiger partial charge in [-0.2, -0.15) is 0 Å². The molecule has 0 saturated heterocycles. The molecule has 0 bridgehead atoms. The molecule has 0 N–H and O–H groups in total. The van der Waals surface area contributed by atoms with Gasteiger partial charge in [0.15, 0.2) is 5.82 Å². The second-order valence-electron chi connectivity index (χ2n) is 11.7. The maximum atomic E-state index is 5.25. The van der Waals surface area contributed by atoms with Crippen molar-refractivity contribution < 1.29 is 0 Å². The second kappa shape index (κ2) is 10.8. The number of fused-ring (bicyclic) bond motifs is 3. The lowest BCUT2D eigenvalue weighted by atomic mass is 9.97. The van der Waals surface area contributed by atoms with E-state index in [4.69, 9.17) is 9.97 Å². The Hall–Kier alpha value is -6.19. The van der Waals surface area contributed by atoms with Gasteiger partial charge in [-0.3, -0.25) is 4.98 Å². The molecule has 0 saturated carbocycles. The van der Waals surface area contributed by atoms with Crippen LogP contribution < -0.4 is 0 Å². The number of aromatic nitrogens is 3. The summed E-state index contributed by atoms with van der Waals surface area (Å²) >= 11 is 0. The van der Waals surface area contributed by atoms with Gasteiger partial charge in [-0.1, -0.05) is 127 Å². The van der Waals surface area contributed by atoms with Crippen molar-refractivity contribution >= 4 is 10.8 Å². The van der Waals surface area contributed by atoms with E-state index in [0.717, 1.165) is 44.6 Å². The van der Waals surface area contributed by atoms with Crippen LogP contribution in [0.4, 0.5) is 0 Å². The third-order valence-corrected chi connectivity index (χ3v) is 8.96. The van der Waals surface area contributed by atoms with Crippen LogP contribution in [0.2, 0.25) is 0 Å². The zero-order chi connectivity index (χ0) is 30.5. The highest BCUT2D eigenvalue weighted by Crippen LogP contribution is 2.49. The van der Waals surface area contributed by atoms with E-state index in [1.54, 1.807) is 6.20 Å². The fourth-order valence-corrected chi connectivity index (χ4v) is 6.72. The van der Waals surface area contributed by atoms with Crippen molar-refractivity contribution in [3.05, 3.63) is 164 Å². The quantitative estimate of drug-likeness (QED) is 0.202. The largest absolute Gasteiger partial charge is 0.264 e. The van der Waals surface area contributed by atoms with Crippen molar-refractivity contribution in [1.29, 1.82) is 0 Å². The van der Waals surface area contributed by atoms with E-state index in [-0.39, 0.29) is 0 Å². The molecule has 2 aromatic heterocycles. The first-order valence-corrected chi connectivity index (χ1v) is 15.5. The van der Waals surface area contributed by atoms with Gasteiger partial charge in [0.2, 0.25) is 0 Å². The van der Waals surface area contributed by atoms with Crippen LogP contribution in [-0.4, -0.2) is 15.0 Å². The number of rotatable bonds is 5. The van der Waals surface area contributed by atoms with Gasteiger partial charge in [0.05, 0.1) is 11.4 Å². The average Bonchev–Trinajstić information content (AvgIpc) is 3.47. The van der Waals surface area contributed by atoms with Gasteiger partial charge in [0.1, 0.15) is 0 Å². The van der Waals surface area contributed by atoms with Crippen molar-refractivity contribution in [1.82, 2.24) is 15.0 Å². The Morgan fingerprint density at radius 3 is 1.72 bits per heavy atom. The Kier molecular flexibility index (Phi) is 6.14. The van der Waals surface area contributed by atoms with Crippen LogP contribution in [0.3, 0.4) is 0 Å². The van der Waals surface area contributed by atoms with E-state index < -0.39 is 0 Å². The van der Waals surface area contributed by atoms with Crippen LogP contribution in [-0.2, 0) is 0 Å². The third kappa shape index (κ3) is 4.41. The molecule has 3 nitrogen and oxygen atoms in total. The molecule has 0 fully saturated rings. The summed E-state index contributed by atoms with van der Waals surface area (Å²) in [6, 6.07) is 53.5. The molecule has 1 aliphatic carbocycles. The van der Waals surface area contributed by atoms with Gasteiger partial charge < -0.3 is 0 Å². The van der Waals surface area contributed by atoms with E-state index in [2.05, 4.69) is 145 Å². The molecule has 2 heterocycles. The van der Waals surface area contributed by atoms with Gasteiger partial charge in [-0.05, 0) is 74.0 Å². The number of benzene rings is 6.